The van der Waals surface area contributed by atoms with E-state index >= 15 is 0 Å². The molecule has 0 saturated heterocycles. The van der Waals surface area contributed by atoms with Crippen LogP contribution in [0.5, 0.6) is 0 Å². The normalized spacial score (nSPS) is 16.2. The smallest absolute Gasteiger partial charge is 0.264 e. The molecule has 1 saturated carbocycles. The number of nitrogens with one attached hydrogen (secondary N) is 1. The van der Waals surface area contributed by atoms with Gasteiger partial charge in [0.1, 0.15) is 0 Å². The highest BCUT2D eigenvalue weighted by Crippen LogP contribution is 2.29. The second-order valence-corrected chi connectivity index (χ2v) is 8.04. The highest BCUT2D eigenvalue weighted by molar-refractivity contribution is 7.89. The molecule has 1 heterocycles. The summed E-state index contributed by atoms with van der Waals surface area (Å²) in [6, 6.07) is 1.89. The predicted octanol–water partition coefficient (Wildman–Crippen LogP) is 2.06. The molecule has 1 N–H and O–H groups in total. The van der Waals surface area contributed by atoms with Gasteiger partial charge in [0.05, 0.1) is 9.77 Å². The molecular formula is C13H20N2O3S2. The Hall–Kier alpha value is -0.920. The first-order valence-corrected chi connectivity index (χ1v) is 9.08. The summed E-state index contributed by atoms with van der Waals surface area (Å²) in [5, 5.41) is 1.51. The molecule has 0 aliphatic heterocycles. The van der Waals surface area contributed by atoms with Crippen LogP contribution in [0, 0.1) is 0 Å². The summed E-state index contributed by atoms with van der Waals surface area (Å²) in [5.41, 5.74) is 0. The Morgan fingerprint density at radius 2 is 2.10 bits per heavy atom. The van der Waals surface area contributed by atoms with E-state index in [1.54, 1.807) is 0 Å². The highest BCUT2D eigenvalue weighted by Gasteiger charge is 2.32. The van der Waals surface area contributed by atoms with E-state index in [-0.39, 0.29) is 16.8 Å². The molecule has 0 unspecified atom stereocenters. The summed E-state index contributed by atoms with van der Waals surface area (Å²) in [7, 11) is -2.11. The van der Waals surface area contributed by atoms with Crippen molar-refractivity contribution in [3.05, 3.63) is 16.3 Å². The van der Waals surface area contributed by atoms with E-state index in [0.717, 1.165) is 19.3 Å². The Labute approximate surface area is 124 Å². The van der Waals surface area contributed by atoms with Gasteiger partial charge in [0.25, 0.3) is 5.91 Å². The van der Waals surface area contributed by atoms with Gasteiger partial charge in [-0.25, -0.2) is 13.1 Å². The van der Waals surface area contributed by atoms with Crippen molar-refractivity contribution in [2.24, 2.45) is 0 Å². The van der Waals surface area contributed by atoms with Crippen molar-refractivity contribution in [1.29, 1.82) is 0 Å². The van der Waals surface area contributed by atoms with Crippen LogP contribution in [0.4, 0.5) is 0 Å². The van der Waals surface area contributed by atoms with Gasteiger partial charge in [-0.2, -0.15) is 0 Å². The molecule has 1 aliphatic carbocycles. The van der Waals surface area contributed by atoms with E-state index in [2.05, 4.69) is 4.72 Å². The number of carbonyl (C=O) groups is 1. The number of carbonyl (C=O) groups excluding carboxylic acids is 1. The van der Waals surface area contributed by atoms with Crippen molar-refractivity contribution in [2.45, 2.75) is 50.1 Å². The maximum absolute atomic E-state index is 12.6. The van der Waals surface area contributed by atoms with Crippen LogP contribution in [0.15, 0.2) is 16.3 Å². The van der Waals surface area contributed by atoms with Crippen molar-refractivity contribution >= 4 is 27.3 Å². The Bertz CT molecular complexity index is 589. The minimum atomic E-state index is -3.48. The van der Waals surface area contributed by atoms with Gasteiger partial charge in [0, 0.05) is 17.5 Å². The van der Waals surface area contributed by atoms with Gasteiger partial charge < -0.3 is 4.90 Å². The molecule has 0 radical (unpaired) electrons. The number of amides is 1. The van der Waals surface area contributed by atoms with Gasteiger partial charge in [-0.05, 0) is 46.2 Å². The first kappa shape index (κ1) is 15.5. The molecule has 1 aromatic rings. The first-order chi connectivity index (χ1) is 9.36. The van der Waals surface area contributed by atoms with Crippen LogP contribution in [0.1, 0.15) is 42.8 Å². The largest absolute Gasteiger partial charge is 0.333 e. The number of sulfonamides is 1. The summed E-state index contributed by atoms with van der Waals surface area (Å²) < 4.78 is 25.7. The maximum Gasteiger partial charge on any atom is 0.264 e. The van der Waals surface area contributed by atoms with Gasteiger partial charge in [0.15, 0.2) is 0 Å². The fraction of sp³-hybridized carbons (Fsp3) is 0.615. The highest BCUT2D eigenvalue weighted by atomic mass is 32.2. The predicted molar refractivity (Wildman–Crippen MR) is 79.5 cm³/mol. The van der Waals surface area contributed by atoms with E-state index in [1.165, 1.54) is 29.8 Å². The number of hydrogen-bond acceptors (Lipinski definition) is 4. The molecule has 7 heteroatoms. The number of nitrogens with zero attached hydrogens (tertiary/aromatic N) is 1. The molecule has 5 nitrogen and oxygen atoms in total. The van der Waals surface area contributed by atoms with Crippen molar-refractivity contribution in [1.82, 2.24) is 9.62 Å². The molecule has 1 fully saturated rings. The van der Waals surface area contributed by atoms with Crippen LogP contribution < -0.4 is 4.72 Å². The average molecular weight is 316 g/mol. The van der Waals surface area contributed by atoms with Crippen molar-refractivity contribution in [3.63, 3.8) is 0 Å². The molecule has 1 aromatic heterocycles. The van der Waals surface area contributed by atoms with Crippen LogP contribution in [-0.2, 0) is 10.0 Å². The number of thiophene rings is 1. The van der Waals surface area contributed by atoms with Crippen LogP contribution in [-0.4, -0.2) is 38.4 Å². The van der Waals surface area contributed by atoms with Gasteiger partial charge in [-0.15, -0.1) is 11.3 Å². The Morgan fingerprint density at radius 1 is 1.45 bits per heavy atom. The zero-order valence-corrected chi connectivity index (χ0v) is 13.6. The van der Waals surface area contributed by atoms with E-state index < -0.39 is 10.0 Å². The van der Waals surface area contributed by atoms with Crippen LogP contribution in [0.3, 0.4) is 0 Å². The average Bonchev–Trinajstić information content (AvgIpc) is 2.82. The summed E-state index contributed by atoms with van der Waals surface area (Å²) in [4.78, 5) is 15.1. The van der Waals surface area contributed by atoms with Gasteiger partial charge >= 0.3 is 0 Å². The molecule has 0 atom stereocenters. The second-order valence-electron chi connectivity index (χ2n) is 5.25. The number of rotatable bonds is 5. The lowest BCUT2D eigenvalue weighted by Gasteiger charge is -2.40. The Kier molecular flexibility index (Phi) is 4.51. The van der Waals surface area contributed by atoms with Gasteiger partial charge in [-0.1, -0.05) is 0 Å². The maximum atomic E-state index is 12.6. The molecule has 2 rings (SSSR count). The van der Waals surface area contributed by atoms with E-state index in [0.29, 0.717) is 10.9 Å². The summed E-state index contributed by atoms with van der Waals surface area (Å²) in [6.45, 7) is 3.99. The standard InChI is InChI=1S/C13H20N2O3S2/c1-9(2)15(10-5-4-6-10)13(16)12-7-11(8-19-12)20(17,18)14-3/h7-10,14H,4-6H2,1-3H3. The molecule has 1 amide bonds. The topological polar surface area (TPSA) is 66.5 Å². The minimum absolute atomic E-state index is 0.0627. The summed E-state index contributed by atoms with van der Waals surface area (Å²) in [5.74, 6) is -0.0627. The van der Waals surface area contributed by atoms with Crippen LogP contribution in [0.25, 0.3) is 0 Å². The lowest BCUT2D eigenvalue weighted by atomic mass is 9.90. The zero-order valence-electron chi connectivity index (χ0n) is 11.9. The third kappa shape index (κ3) is 2.89. The van der Waals surface area contributed by atoms with Gasteiger partial charge in [0.2, 0.25) is 10.0 Å². The van der Waals surface area contributed by atoms with Gasteiger partial charge in [-0.3, -0.25) is 4.79 Å². The number of hydrogen-bond donors (Lipinski definition) is 1. The first-order valence-electron chi connectivity index (χ1n) is 6.71. The summed E-state index contributed by atoms with van der Waals surface area (Å²) in [6.07, 6.45) is 3.24. The third-order valence-corrected chi connectivity index (χ3v) is 6.09. The molecule has 0 spiro atoms. The monoisotopic (exact) mass is 316 g/mol. The Morgan fingerprint density at radius 3 is 2.55 bits per heavy atom. The molecule has 0 bridgehead atoms. The van der Waals surface area contributed by atoms with E-state index in [9.17, 15) is 13.2 Å². The quantitative estimate of drug-likeness (QED) is 0.904. The van der Waals surface area contributed by atoms with Crippen LogP contribution in [0.2, 0.25) is 0 Å². The van der Waals surface area contributed by atoms with E-state index in [1.807, 2.05) is 18.7 Å². The fourth-order valence-electron chi connectivity index (χ4n) is 2.30. The molecule has 0 aromatic carbocycles. The lowest BCUT2D eigenvalue weighted by Crippen LogP contribution is -2.47. The second kappa shape index (κ2) is 5.83. The Balaban J connectivity index is 2.24. The zero-order chi connectivity index (χ0) is 14.9. The van der Waals surface area contributed by atoms with Crippen molar-refractivity contribution < 1.29 is 13.2 Å². The molecular weight excluding hydrogens is 296 g/mol. The van der Waals surface area contributed by atoms with Crippen LogP contribution >= 0.6 is 11.3 Å². The summed E-state index contributed by atoms with van der Waals surface area (Å²) >= 11 is 1.19. The third-order valence-electron chi connectivity index (χ3n) is 3.62. The van der Waals surface area contributed by atoms with Crippen molar-refractivity contribution in [3.8, 4) is 0 Å². The van der Waals surface area contributed by atoms with E-state index in [4.69, 9.17) is 0 Å². The lowest BCUT2D eigenvalue weighted by molar-refractivity contribution is 0.0494. The molecule has 20 heavy (non-hydrogen) atoms. The SMILES string of the molecule is CNS(=O)(=O)c1csc(C(=O)N(C(C)C)C2CCC2)c1. The molecule has 1 aliphatic rings. The molecule has 112 valence electrons. The fourth-order valence-corrected chi connectivity index (χ4v) is 4.25. The van der Waals surface area contributed by atoms with Crippen molar-refractivity contribution in [2.75, 3.05) is 7.05 Å². The minimum Gasteiger partial charge on any atom is -0.333 e.